The van der Waals surface area contributed by atoms with Crippen LogP contribution in [0.1, 0.15) is 53.3 Å². The third-order valence-corrected chi connectivity index (χ3v) is 14.5. The summed E-state index contributed by atoms with van der Waals surface area (Å²) in [5.41, 5.74) is 12.6. The first kappa shape index (κ1) is 36.7. The third kappa shape index (κ3) is 5.77. The molecule has 8 aromatic rings. The highest BCUT2D eigenvalue weighted by atomic mass is 15.2. The zero-order valence-corrected chi connectivity index (χ0v) is 34.9. The van der Waals surface area contributed by atoms with Gasteiger partial charge in [-0.2, -0.15) is 0 Å². The van der Waals surface area contributed by atoms with Gasteiger partial charge in [-0.3, -0.25) is 9.98 Å². The molecule has 0 radical (unpaired) electrons. The average molecular weight is 799 g/mol. The lowest BCUT2D eigenvalue weighted by molar-refractivity contribution is 0.472. The Morgan fingerprint density at radius 3 is 1.61 bits per heavy atom. The van der Waals surface area contributed by atoms with Crippen molar-refractivity contribution >= 4 is 28.2 Å². The van der Waals surface area contributed by atoms with Crippen molar-refractivity contribution in [1.82, 2.24) is 5.32 Å². The normalized spacial score (nSPS) is 25.6. The van der Waals surface area contributed by atoms with Crippen LogP contribution in [0, 0.1) is 23.7 Å². The summed E-state index contributed by atoms with van der Waals surface area (Å²) in [5, 5.41) is 6.42. The minimum absolute atomic E-state index is 0.0947. The average Bonchev–Trinajstić information content (AvgIpc) is 4.19. The Morgan fingerprint density at radius 1 is 0.452 bits per heavy atom. The first-order chi connectivity index (χ1) is 30.5. The van der Waals surface area contributed by atoms with E-state index in [0.717, 1.165) is 28.5 Å². The maximum Gasteiger partial charge on any atom is 0.155 e. The molecule has 2 aliphatic heterocycles. The molecule has 2 aliphatic carbocycles. The van der Waals surface area contributed by atoms with E-state index in [-0.39, 0.29) is 23.0 Å². The number of nitrogens with zero attached hydrogens (tertiary/aromatic N) is 3. The lowest BCUT2D eigenvalue weighted by atomic mass is 9.92. The SMILES string of the molecule is CC1C2C(c3ccccc3)=NC(c3ccccc3)=NC12c1ccc(-c2ccc3ccc(-c4ccc(C5=NC(c6ccccc6)C6C(C)C6(c6ccccc6)N5)cc4)cc3c2)cc1. The van der Waals surface area contributed by atoms with Crippen molar-refractivity contribution in [2.24, 2.45) is 38.6 Å². The van der Waals surface area contributed by atoms with Crippen molar-refractivity contribution in [1.29, 1.82) is 0 Å². The minimum atomic E-state index is -0.338. The van der Waals surface area contributed by atoms with Crippen LogP contribution in [0.25, 0.3) is 33.0 Å². The highest BCUT2D eigenvalue weighted by Gasteiger charge is 2.69. The third-order valence-electron chi connectivity index (χ3n) is 14.5. The molecule has 4 nitrogen and oxygen atoms in total. The Labute approximate surface area is 363 Å². The molecule has 7 unspecified atom stereocenters. The minimum Gasteiger partial charge on any atom is -0.360 e. The van der Waals surface area contributed by atoms with E-state index >= 15 is 0 Å². The van der Waals surface area contributed by atoms with Gasteiger partial charge >= 0.3 is 0 Å². The van der Waals surface area contributed by atoms with E-state index in [4.69, 9.17) is 15.0 Å². The molecule has 8 aromatic carbocycles. The molecule has 0 bridgehead atoms. The van der Waals surface area contributed by atoms with Crippen molar-refractivity contribution in [3.05, 3.63) is 240 Å². The largest absolute Gasteiger partial charge is 0.360 e. The summed E-state index contributed by atoms with van der Waals surface area (Å²) < 4.78 is 0. The monoisotopic (exact) mass is 798 g/mol. The summed E-state index contributed by atoms with van der Waals surface area (Å²) in [5.74, 6) is 3.19. The fourth-order valence-electron chi connectivity index (χ4n) is 11.1. The molecule has 7 atom stereocenters. The van der Waals surface area contributed by atoms with Gasteiger partial charge in [-0.15, -0.1) is 0 Å². The predicted octanol–water partition coefficient (Wildman–Crippen LogP) is 12.8. The molecule has 4 heteroatoms. The standard InChI is InChI=1S/C58H46N4/c1-37-51-53(42-15-7-3-8-16-42)60-56(62-57(37,51)49-21-13-6-14-22-49)45-27-23-39(24-28-45)46-29-25-41-26-30-47(36-48(41)35-46)40-31-33-50(34-32-40)58-38(2)52(58)54(43-17-9-4-10-18-43)59-55(61-58)44-19-11-5-12-20-44/h3-38,51-53H,1-2H3,(H,60,62). The molecule has 1 N–H and O–H groups in total. The van der Waals surface area contributed by atoms with E-state index in [1.54, 1.807) is 0 Å². The quantitative estimate of drug-likeness (QED) is 0.164. The number of fused-ring (bicyclic) bond motifs is 3. The zero-order valence-electron chi connectivity index (χ0n) is 34.9. The molecule has 0 saturated heterocycles. The molecule has 62 heavy (non-hydrogen) atoms. The van der Waals surface area contributed by atoms with Crippen LogP contribution in [-0.4, -0.2) is 17.4 Å². The Kier molecular flexibility index (Phi) is 8.40. The van der Waals surface area contributed by atoms with Gasteiger partial charge < -0.3 is 5.32 Å². The van der Waals surface area contributed by atoms with Crippen molar-refractivity contribution in [3.63, 3.8) is 0 Å². The molecule has 2 fully saturated rings. The topological polar surface area (TPSA) is 49.1 Å². The Bertz CT molecular complexity index is 3070. The van der Waals surface area contributed by atoms with Gasteiger partial charge in [-0.1, -0.05) is 208 Å². The molecule has 0 aromatic heterocycles. The summed E-state index contributed by atoms with van der Waals surface area (Å²) in [6.07, 6.45) is 0. The number of amidine groups is 2. The predicted molar refractivity (Wildman–Crippen MR) is 255 cm³/mol. The zero-order chi connectivity index (χ0) is 41.4. The number of nitrogens with one attached hydrogen (secondary N) is 1. The van der Waals surface area contributed by atoms with Crippen molar-refractivity contribution in [3.8, 4) is 22.3 Å². The Hall–Kier alpha value is -7.17. The van der Waals surface area contributed by atoms with Crippen LogP contribution >= 0.6 is 0 Å². The molecule has 0 spiro atoms. The van der Waals surface area contributed by atoms with Crippen LogP contribution < -0.4 is 5.32 Å². The van der Waals surface area contributed by atoms with E-state index in [0.29, 0.717) is 17.8 Å². The van der Waals surface area contributed by atoms with Gasteiger partial charge in [-0.25, -0.2) is 4.99 Å². The second-order valence-corrected chi connectivity index (χ2v) is 17.7. The number of benzene rings is 8. The van der Waals surface area contributed by atoms with E-state index in [9.17, 15) is 0 Å². The first-order valence-corrected chi connectivity index (χ1v) is 22.0. The van der Waals surface area contributed by atoms with E-state index in [2.05, 4.69) is 219 Å². The second-order valence-electron chi connectivity index (χ2n) is 17.7. The summed E-state index contributed by atoms with van der Waals surface area (Å²) in [7, 11) is 0. The lowest BCUT2D eigenvalue weighted by Crippen LogP contribution is -2.42. The molecular weight excluding hydrogens is 753 g/mol. The smallest absolute Gasteiger partial charge is 0.155 e. The van der Waals surface area contributed by atoms with Crippen molar-refractivity contribution in [2.45, 2.75) is 31.0 Å². The van der Waals surface area contributed by atoms with Gasteiger partial charge in [-0.05, 0) is 79.2 Å². The van der Waals surface area contributed by atoms with E-state index < -0.39 is 0 Å². The van der Waals surface area contributed by atoms with Gasteiger partial charge in [0.2, 0.25) is 0 Å². The summed E-state index contributed by atoms with van der Waals surface area (Å²) >= 11 is 0. The summed E-state index contributed by atoms with van der Waals surface area (Å²) in [6.45, 7) is 4.70. The van der Waals surface area contributed by atoms with Crippen LogP contribution in [-0.2, 0) is 11.1 Å². The molecule has 2 heterocycles. The molecule has 12 rings (SSSR count). The fourth-order valence-corrected chi connectivity index (χ4v) is 11.1. The van der Waals surface area contributed by atoms with Gasteiger partial charge in [0.1, 0.15) is 11.4 Å². The first-order valence-electron chi connectivity index (χ1n) is 22.0. The Balaban J connectivity index is 0.833. The number of hydrogen-bond acceptors (Lipinski definition) is 4. The second kappa shape index (κ2) is 14.2. The van der Waals surface area contributed by atoms with Gasteiger partial charge in [0.05, 0.1) is 17.3 Å². The lowest BCUT2D eigenvalue weighted by Gasteiger charge is -2.30. The van der Waals surface area contributed by atoms with Crippen LogP contribution in [0.15, 0.2) is 221 Å². The maximum absolute atomic E-state index is 5.46. The molecule has 298 valence electrons. The summed E-state index contributed by atoms with van der Waals surface area (Å²) in [4.78, 5) is 16.1. The number of aliphatic imine (C=N–C) groups is 3. The number of hydrogen-bond donors (Lipinski definition) is 1. The van der Waals surface area contributed by atoms with E-state index in [1.807, 2.05) is 6.07 Å². The van der Waals surface area contributed by atoms with Gasteiger partial charge in [0, 0.05) is 23.0 Å². The molecule has 0 amide bonds. The summed E-state index contributed by atoms with van der Waals surface area (Å²) in [6, 6.07) is 74.6. The van der Waals surface area contributed by atoms with Crippen LogP contribution in [0.4, 0.5) is 0 Å². The van der Waals surface area contributed by atoms with E-state index in [1.165, 1.54) is 55.3 Å². The van der Waals surface area contributed by atoms with Gasteiger partial charge in [0.25, 0.3) is 0 Å². The fraction of sp³-hybridized carbons (Fsp3) is 0.155. The maximum atomic E-state index is 5.46. The molecular formula is C58H46N4. The van der Waals surface area contributed by atoms with Crippen LogP contribution in [0.5, 0.6) is 0 Å². The van der Waals surface area contributed by atoms with Crippen molar-refractivity contribution < 1.29 is 0 Å². The van der Waals surface area contributed by atoms with Gasteiger partial charge in [0.15, 0.2) is 5.84 Å². The molecule has 2 saturated carbocycles. The molecule has 4 aliphatic rings. The van der Waals surface area contributed by atoms with Crippen LogP contribution in [0.3, 0.4) is 0 Å². The Morgan fingerprint density at radius 2 is 0.984 bits per heavy atom. The van der Waals surface area contributed by atoms with Crippen LogP contribution in [0.2, 0.25) is 0 Å². The number of rotatable bonds is 8. The highest BCUT2D eigenvalue weighted by molar-refractivity contribution is 6.17. The van der Waals surface area contributed by atoms with Crippen molar-refractivity contribution in [2.75, 3.05) is 0 Å². The highest BCUT2D eigenvalue weighted by Crippen LogP contribution is 2.66.